The summed E-state index contributed by atoms with van der Waals surface area (Å²) in [5.74, 6) is 1.34. The van der Waals surface area contributed by atoms with Crippen molar-refractivity contribution in [3.05, 3.63) is 90.0 Å². The Balaban J connectivity index is 1.43. The molecule has 3 aromatic carbocycles. The molecule has 7 heteroatoms. The molecule has 33 heavy (non-hydrogen) atoms. The third-order valence-electron chi connectivity index (χ3n) is 6.31. The number of ether oxygens (including phenoxy) is 1. The quantitative estimate of drug-likeness (QED) is 0.426. The van der Waals surface area contributed by atoms with E-state index >= 15 is 0 Å². The van der Waals surface area contributed by atoms with Gasteiger partial charge in [0.2, 0.25) is 0 Å². The first kappa shape index (κ1) is 21.4. The van der Waals surface area contributed by atoms with Crippen molar-refractivity contribution in [3.63, 3.8) is 0 Å². The molecule has 0 aromatic heterocycles. The van der Waals surface area contributed by atoms with Crippen LogP contribution < -0.4 is 14.8 Å². The maximum absolute atomic E-state index is 13.1. The average molecular weight is 463 g/mol. The van der Waals surface area contributed by atoms with Gasteiger partial charge in [-0.1, -0.05) is 24.3 Å². The van der Waals surface area contributed by atoms with Gasteiger partial charge in [-0.3, -0.25) is 4.72 Å². The van der Waals surface area contributed by atoms with E-state index in [1.165, 1.54) is 0 Å². The SMILES string of the molecule is CCOc1ccc(NS(=O)(=O)c2ccc3c(c2)C2C=CCC2C(c2ccc(O)cc2)N3)cc1. The first-order valence-corrected chi connectivity index (χ1v) is 12.5. The lowest BCUT2D eigenvalue weighted by atomic mass is 9.77. The van der Waals surface area contributed by atoms with Crippen LogP contribution in [0.5, 0.6) is 11.5 Å². The zero-order valence-electron chi connectivity index (χ0n) is 18.2. The van der Waals surface area contributed by atoms with Gasteiger partial charge in [-0.15, -0.1) is 0 Å². The molecule has 3 aromatic rings. The Labute approximate surface area is 194 Å². The van der Waals surface area contributed by atoms with Gasteiger partial charge in [0.25, 0.3) is 10.0 Å². The number of allylic oxidation sites excluding steroid dienone is 2. The molecule has 1 aliphatic carbocycles. The number of hydrogen-bond donors (Lipinski definition) is 3. The number of aromatic hydroxyl groups is 1. The van der Waals surface area contributed by atoms with Crippen molar-refractivity contribution in [1.29, 1.82) is 0 Å². The molecule has 0 radical (unpaired) electrons. The topological polar surface area (TPSA) is 87.7 Å². The molecular formula is C26H26N2O4S. The summed E-state index contributed by atoms with van der Waals surface area (Å²) in [4.78, 5) is 0.235. The molecule has 0 bridgehead atoms. The molecule has 0 amide bonds. The summed E-state index contributed by atoms with van der Waals surface area (Å²) in [6.45, 7) is 2.46. The molecule has 3 unspecified atom stereocenters. The van der Waals surface area contributed by atoms with Crippen LogP contribution in [0.1, 0.15) is 36.4 Å². The highest BCUT2D eigenvalue weighted by atomic mass is 32.2. The van der Waals surface area contributed by atoms with Crippen LogP contribution in [0.15, 0.2) is 83.8 Å². The van der Waals surface area contributed by atoms with E-state index in [2.05, 4.69) is 22.2 Å². The average Bonchev–Trinajstić information content (AvgIpc) is 3.30. The zero-order valence-corrected chi connectivity index (χ0v) is 19.0. The van der Waals surface area contributed by atoms with Gasteiger partial charge >= 0.3 is 0 Å². The minimum absolute atomic E-state index is 0.0857. The number of sulfonamides is 1. The third kappa shape index (κ3) is 4.16. The van der Waals surface area contributed by atoms with Gasteiger partial charge in [0.05, 0.1) is 17.5 Å². The predicted octanol–water partition coefficient (Wildman–Crippen LogP) is 5.42. The number of nitrogens with one attached hydrogen (secondary N) is 2. The highest BCUT2D eigenvalue weighted by Gasteiger charge is 2.38. The lowest BCUT2D eigenvalue weighted by molar-refractivity contribution is 0.340. The minimum atomic E-state index is -3.74. The van der Waals surface area contributed by atoms with Crippen molar-refractivity contribution in [2.75, 3.05) is 16.6 Å². The molecule has 1 aliphatic heterocycles. The number of fused-ring (bicyclic) bond motifs is 3. The maximum atomic E-state index is 13.1. The van der Waals surface area contributed by atoms with Crippen LogP contribution in [0.2, 0.25) is 0 Å². The second kappa shape index (κ2) is 8.48. The molecular weight excluding hydrogens is 436 g/mol. The number of hydrogen-bond acceptors (Lipinski definition) is 5. The Morgan fingerprint density at radius 3 is 2.55 bits per heavy atom. The van der Waals surface area contributed by atoms with E-state index in [1.807, 2.05) is 25.1 Å². The molecule has 3 N–H and O–H groups in total. The maximum Gasteiger partial charge on any atom is 0.261 e. The third-order valence-corrected chi connectivity index (χ3v) is 7.69. The summed E-state index contributed by atoms with van der Waals surface area (Å²) in [6.07, 6.45) is 5.25. The van der Waals surface area contributed by atoms with Gasteiger partial charge in [0.15, 0.2) is 0 Å². The lowest BCUT2D eigenvalue weighted by Gasteiger charge is -2.37. The molecule has 1 heterocycles. The lowest BCUT2D eigenvalue weighted by Crippen LogP contribution is -2.29. The number of rotatable bonds is 6. The van der Waals surface area contributed by atoms with E-state index < -0.39 is 10.0 Å². The van der Waals surface area contributed by atoms with Gasteiger partial charge < -0.3 is 15.2 Å². The van der Waals surface area contributed by atoms with Crippen molar-refractivity contribution in [2.45, 2.75) is 30.2 Å². The fraction of sp³-hybridized carbons (Fsp3) is 0.231. The second-order valence-electron chi connectivity index (χ2n) is 8.38. The van der Waals surface area contributed by atoms with Crippen LogP contribution in [0.4, 0.5) is 11.4 Å². The molecule has 0 saturated carbocycles. The van der Waals surface area contributed by atoms with Gasteiger partial charge in [0.1, 0.15) is 11.5 Å². The minimum Gasteiger partial charge on any atom is -0.508 e. The fourth-order valence-electron chi connectivity index (χ4n) is 4.75. The monoisotopic (exact) mass is 462 g/mol. The summed E-state index contributed by atoms with van der Waals surface area (Å²) in [6, 6.07) is 19.5. The molecule has 2 aliphatic rings. The van der Waals surface area contributed by atoms with E-state index in [0.29, 0.717) is 18.0 Å². The molecule has 0 fully saturated rings. The van der Waals surface area contributed by atoms with Crippen LogP contribution in [0.3, 0.4) is 0 Å². The van der Waals surface area contributed by atoms with E-state index in [0.717, 1.165) is 23.2 Å². The Morgan fingerprint density at radius 2 is 1.82 bits per heavy atom. The summed E-state index contributed by atoms with van der Waals surface area (Å²) in [5, 5.41) is 13.2. The van der Waals surface area contributed by atoms with Gasteiger partial charge in [-0.25, -0.2) is 8.42 Å². The Kier molecular flexibility index (Phi) is 5.50. The van der Waals surface area contributed by atoms with E-state index in [9.17, 15) is 13.5 Å². The second-order valence-corrected chi connectivity index (χ2v) is 10.1. The first-order chi connectivity index (χ1) is 15.9. The normalized spacial score (nSPS) is 21.1. The Hall–Kier alpha value is -3.45. The van der Waals surface area contributed by atoms with E-state index in [1.54, 1.807) is 48.5 Å². The standard InChI is InChI=1S/C26H26N2O4S/c1-2-32-20-12-8-18(9-13-20)28-33(30,31)21-14-15-25-24(16-21)22-4-3-5-23(22)26(27-25)17-6-10-19(29)11-7-17/h3-4,6-16,22-23,26-29H,2,5H2,1H3. The van der Waals surface area contributed by atoms with Crippen LogP contribution in [0.25, 0.3) is 0 Å². The van der Waals surface area contributed by atoms with Crippen LogP contribution >= 0.6 is 0 Å². The van der Waals surface area contributed by atoms with Crippen molar-refractivity contribution >= 4 is 21.4 Å². The van der Waals surface area contributed by atoms with Crippen LogP contribution in [0, 0.1) is 5.92 Å². The van der Waals surface area contributed by atoms with Gasteiger partial charge in [-0.2, -0.15) is 0 Å². The number of benzene rings is 3. The summed E-state index contributed by atoms with van der Waals surface area (Å²) >= 11 is 0. The zero-order chi connectivity index (χ0) is 23.0. The predicted molar refractivity (Wildman–Crippen MR) is 129 cm³/mol. The largest absolute Gasteiger partial charge is 0.508 e. The summed E-state index contributed by atoms with van der Waals surface area (Å²) < 4.78 is 34.3. The Morgan fingerprint density at radius 1 is 1.06 bits per heavy atom. The summed E-state index contributed by atoms with van der Waals surface area (Å²) in [5.41, 5.74) is 3.51. The molecule has 5 rings (SSSR count). The summed E-state index contributed by atoms with van der Waals surface area (Å²) in [7, 11) is -3.74. The van der Waals surface area contributed by atoms with Crippen LogP contribution in [-0.4, -0.2) is 20.1 Å². The Bertz CT molecular complexity index is 1280. The molecule has 170 valence electrons. The molecule has 3 atom stereocenters. The van der Waals surface area contributed by atoms with Crippen LogP contribution in [-0.2, 0) is 10.0 Å². The highest BCUT2D eigenvalue weighted by molar-refractivity contribution is 7.92. The number of phenols is 1. The van der Waals surface area contributed by atoms with Crippen molar-refractivity contribution < 1.29 is 18.3 Å². The van der Waals surface area contributed by atoms with Gasteiger partial charge in [0, 0.05) is 17.3 Å². The fourth-order valence-corrected chi connectivity index (χ4v) is 5.84. The number of phenolic OH excluding ortho intramolecular Hbond substituents is 1. The van der Waals surface area contributed by atoms with E-state index in [-0.39, 0.29) is 28.5 Å². The van der Waals surface area contributed by atoms with Crippen molar-refractivity contribution in [1.82, 2.24) is 0 Å². The first-order valence-electron chi connectivity index (χ1n) is 11.1. The van der Waals surface area contributed by atoms with Crippen molar-refractivity contribution in [2.24, 2.45) is 5.92 Å². The highest BCUT2D eigenvalue weighted by Crippen LogP contribution is 2.50. The molecule has 0 spiro atoms. The van der Waals surface area contributed by atoms with Gasteiger partial charge in [-0.05, 0) is 85.0 Å². The molecule has 0 saturated heterocycles. The smallest absolute Gasteiger partial charge is 0.261 e. The molecule has 6 nitrogen and oxygen atoms in total. The number of anilines is 2. The van der Waals surface area contributed by atoms with E-state index in [4.69, 9.17) is 4.74 Å². The van der Waals surface area contributed by atoms with Crippen molar-refractivity contribution in [3.8, 4) is 11.5 Å².